The minimum Gasteiger partial charge on any atom is -0.497 e. The first-order chi connectivity index (χ1) is 10.2. The Morgan fingerprint density at radius 1 is 1.14 bits per heavy atom. The summed E-state index contributed by atoms with van der Waals surface area (Å²) >= 11 is 0. The number of ether oxygens (including phenoxy) is 1. The Kier molecular flexibility index (Phi) is 3.60. The Bertz CT molecular complexity index is 667. The first-order valence-corrected chi connectivity index (χ1v) is 6.89. The number of amides is 1. The molecular formula is C17H16FNO2. The Labute approximate surface area is 123 Å². The predicted octanol–water partition coefficient (Wildman–Crippen LogP) is 3.31. The summed E-state index contributed by atoms with van der Waals surface area (Å²) in [5.74, 6) is 0.488. The summed E-state index contributed by atoms with van der Waals surface area (Å²) in [6.45, 7) is 0.444. The van der Waals surface area contributed by atoms with E-state index in [9.17, 15) is 9.18 Å². The lowest BCUT2D eigenvalue weighted by molar-refractivity contribution is -0.119. The summed E-state index contributed by atoms with van der Waals surface area (Å²) in [6, 6.07) is 12.2. The van der Waals surface area contributed by atoms with Crippen LogP contribution in [0.5, 0.6) is 5.75 Å². The van der Waals surface area contributed by atoms with Crippen molar-refractivity contribution < 1.29 is 13.9 Å². The third-order valence-electron chi connectivity index (χ3n) is 3.75. The number of carbonyl (C=O) groups is 1. The molecule has 0 fully saturated rings. The molecule has 4 heteroatoms. The van der Waals surface area contributed by atoms with Crippen molar-refractivity contribution in [3.05, 3.63) is 59.4 Å². The topological polar surface area (TPSA) is 29.5 Å². The van der Waals surface area contributed by atoms with Crippen molar-refractivity contribution >= 4 is 11.6 Å². The van der Waals surface area contributed by atoms with E-state index in [1.165, 1.54) is 12.1 Å². The minimum absolute atomic E-state index is 0.0314. The van der Waals surface area contributed by atoms with Crippen LogP contribution in [0.1, 0.15) is 17.5 Å². The second kappa shape index (κ2) is 5.56. The van der Waals surface area contributed by atoms with E-state index < -0.39 is 0 Å². The first kappa shape index (κ1) is 13.6. The molecule has 0 radical (unpaired) electrons. The van der Waals surface area contributed by atoms with Gasteiger partial charge in [-0.15, -0.1) is 0 Å². The fourth-order valence-electron chi connectivity index (χ4n) is 2.60. The number of benzene rings is 2. The fraction of sp³-hybridized carbons (Fsp3) is 0.235. The standard InChI is InChI=1S/C17H16FNO2/c1-21-15-7-2-12(3-8-15)11-19-16-10-14(18)6-4-13(16)5-9-17(19)20/h2-4,6-8,10H,5,9,11H2,1H3. The zero-order chi connectivity index (χ0) is 14.8. The number of hydrogen-bond donors (Lipinski definition) is 0. The highest BCUT2D eigenvalue weighted by Crippen LogP contribution is 2.30. The summed E-state index contributed by atoms with van der Waals surface area (Å²) < 4.78 is 18.6. The monoisotopic (exact) mass is 285 g/mol. The molecule has 0 N–H and O–H groups in total. The summed E-state index contributed by atoms with van der Waals surface area (Å²) in [7, 11) is 1.61. The third kappa shape index (κ3) is 2.75. The largest absolute Gasteiger partial charge is 0.497 e. The third-order valence-corrected chi connectivity index (χ3v) is 3.75. The average Bonchev–Trinajstić information content (AvgIpc) is 2.51. The van der Waals surface area contributed by atoms with Gasteiger partial charge in [-0.05, 0) is 41.8 Å². The van der Waals surface area contributed by atoms with Crippen molar-refractivity contribution in [3.63, 3.8) is 0 Å². The van der Waals surface area contributed by atoms with Gasteiger partial charge in [-0.1, -0.05) is 18.2 Å². The van der Waals surface area contributed by atoms with Gasteiger partial charge in [0.2, 0.25) is 5.91 Å². The lowest BCUT2D eigenvalue weighted by Gasteiger charge is -2.29. The van der Waals surface area contributed by atoms with E-state index in [2.05, 4.69) is 0 Å². The van der Waals surface area contributed by atoms with E-state index in [0.29, 0.717) is 25.1 Å². The van der Waals surface area contributed by atoms with Crippen LogP contribution in [0.3, 0.4) is 0 Å². The Morgan fingerprint density at radius 3 is 2.62 bits per heavy atom. The number of fused-ring (bicyclic) bond motifs is 1. The second-order valence-corrected chi connectivity index (χ2v) is 5.10. The summed E-state index contributed by atoms with van der Waals surface area (Å²) in [4.78, 5) is 13.8. The van der Waals surface area contributed by atoms with Gasteiger partial charge < -0.3 is 9.64 Å². The molecule has 1 aliphatic rings. The van der Waals surface area contributed by atoms with Crippen molar-refractivity contribution in [1.29, 1.82) is 0 Å². The van der Waals surface area contributed by atoms with Gasteiger partial charge in [0.1, 0.15) is 11.6 Å². The van der Waals surface area contributed by atoms with Gasteiger partial charge >= 0.3 is 0 Å². The molecule has 0 saturated heterocycles. The van der Waals surface area contributed by atoms with Gasteiger partial charge in [-0.25, -0.2) is 4.39 Å². The Balaban J connectivity index is 1.90. The number of aryl methyl sites for hydroxylation is 1. The molecule has 2 aromatic rings. The van der Waals surface area contributed by atoms with Crippen LogP contribution < -0.4 is 9.64 Å². The van der Waals surface area contributed by atoms with E-state index in [1.807, 2.05) is 24.3 Å². The zero-order valence-corrected chi connectivity index (χ0v) is 11.8. The van der Waals surface area contributed by atoms with Crippen molar-refractivity contribution in [2.45, 2.75) is 19.4 Å². The zero-order valence-electron chi connectivity index (χ0n) is 11.8. The highest BCUT2D eigenvalue weighted by atomic mass is 19.1. The first-order valence-electron chi connectivity index (χ1n) is 6.89. The second-order valence-electron chi connectivity index (χ2n) is 5.10. The molecule has 21 heavy (non-hydrogen) atoms. The number of rotatable bonds is 3. The lowest BCUT2D eigenvalue weighted by atomic mass is 10.0. The van der Waals surface area contributed by atoms with E-state index in [-0.39, 0.29) is 11.7 Å². The molecule has 0 unspecified atom stereocenters. The van der Waals surface area contributed by atoms with Crippen LogP contribution in [0.15, 0.2) is 42.5 Å². The number of carbonyl (C=O) groups excluding carboxylic acids is 1. The maximum atomic E-state index is 13.5. The van der Waals surface area contributed by atoms with Crippen molar-refractivity contribution in [2.24, 2.45) is 0 Å². The highest BCUT2D eigenvalue weighted by molar-refractivity contribution is 5.96. The van der Waals surface area contributed by atoms with Crippen LogP contribution in [0.2, 0.25) is 0 Å². The SMILES string of the molecule is COc1ccc(CN2C(=O)CCc3ccc(F)cc32)cc1. The summed E-state index contributed by atoms with van der Waals surface area (Å²) in [5.41, 5.74) is 2.69. The molecule has 3 rings (SSSR count). The molecular weight excluding hydrogens is 269 g/mol. The quantitative estimate of drug-likeness (QED) is 0.866. The molecule has 0 bridgehead atoms. The molecule has 1 amide bonds. The van der Waals surface area contributed by atoms with Crippen LogP contribution in [0.25, 0.3) is 0 Å². The van der Waals surface area contributed by atoms with Gasteiger partial charge in [0.25, 0.3) is 0 Å². The fourth-order valence-corrected chi connectivity index (χ4v) is 2.60. The maximum absolute atomic E-state index is 13.5. The lowest BCUT2D eigenvalue weighted by Crippen LogP contribution is -2.34. The minimum atomic E-state index is -0.316. The van der Waals surface area contributed by atoms with Crippen molar-refractivity contribution in [2.75, 3.05) is 12.0 Å². The summed E-state index contributed by atoms with van der Waals surface area (Å²) in [5, 5.41) is 0. The van der Waals surface area contributed by atoms with Crippen molar-refractivity contribution in [1.82, 2.24) is 0 Å². The van der Waals surface area contributed by atoms with Crippen molar-refractivity contribution in [3.8, 4) is 5.75 Å². The van der Waals surface area contributed by atoms with Crippen LogP contribution in [0.4, 0.5) is 10.1 Å². The van der Waals surface area contributed by atoms with Gasteiger partial charge in [0, 0.05) is 6.42 Å². The molecule has 0 spiro atoms. The van der Waals surface area contributed by atoms with Gasteiger partial charge in [0.15, 0.2) is 0 Å². The molecule has 3 nitrogen and oxygen atoms in total. The van der Waals surface area contributed by atoms with E-state index >= 15 is 0 Å². The van der Waals surface area contributed by atoms with Crippen LogP contribution >= 0.6 is 0 Å². The number of halogens is 1. The molecule has 2 aromatic carbocycles. The molecule has 108 valence electrons. The van der Waals surface area contributed by atoms with E-state index in [4.69, 9.17) is 4.74 Å². The Morgan fingerprint density at radius 2 is 1.90 bits per heavy atom. The summed E-state index contributed by atoms with van der Waals surface area (Å²) in [6.07, 6.45) is 1.14. The number of nitrogens with zero attached hydrogens (tertiary/aromatic N) is 1. The molecule has 0 atom stereocenters. The average molecular weight is 285 g/mol. The molecule has 0 aliphatic carbocycles. The maximum Gasteiger partial charge on any atom is 0.227 e. The number of anilines is 1. The molecule has 1 heterocycles. The molecule has 1 aliphatic heterocycles. The smallest absolute Gasteiger partial charge is 0.227 e. The van der Waals surface area contributed by atoms with Crippen LogP contribution in [0, 0.1) is 5.82 Å². The van der Waals surface area contributed by atoms with Gasteiger partial charge in [-0.3, -0.25) is 4.79 Å². The molecule has 0 saturated carbocycles. The number of hydrogen-bond acceptors (Lipinski definition) is 2. The van der Waals surface area contributed by atoms with Gasteiger partial charge in [-0.2, -0.15) is 0 Å². The predicted molar refractivity (Wildman–Crippen MR) is 78.9 cm³/mol. The number of methoxy groups -OCH3 is 1. The normalized spacial score (nSPS) is 14.0. The highest BCUT2D eigenvalue weighted by Gasteiger charge is 2.24. The molecule has 0 aromatic heterocycles. The Hall–Kier alpha value is -2.36. The van der Waals surface area contributed by atoms with Crippen LogP contribution in [-0.4, -0.2) is 13.0 Å². The van der Waals surface area contributed by atoms with E-state index in [1.54, 1.807) is 18.1 Å². The van der Waals surface area contributed by atoms with Crippen LogP contribution in [-0.2, 0) is 17.8 Å². The van der Waals surface area contributed by atoms with Gasteiger partial charge in [0.05, 0.1) is 19.3 Å². The van der Waals surface area contributed by atoms with E-state index in [0.717, 1.165) is 16.9 Å².